The van der Waals surface area contributed by atoms with Crippen LogP contribution in [0.15, 0.2) is 35.3 Å². The second kappa shape index (κ2) is 40.2. The van der Waals surface area contributed by atoms with Crippen LogP contribution in [0.3, 0.4) is 0 Å². The van der Waals surface area contributed by atoms with Crippen molar-refractivity contribution in [1.29, 1.82) is 0 Å². The fourth-order valence-corrected chi connectivity index (χ4v) is 9.17. The smallest absolute Gasteiger partial charge is 0.245 e. The number of guanidine groups is 1. The molecule has 1 saturated heterocycles. The lowest BCUT2D eigenvalue weighted by molar-refractivity contribution is -0.137. The Balaban J connectivity index is 2.37. The quantitative estimate of drug-likeness (QED) is 0.0243. The van der Waals surface area contributed by atoms with Crippen molar-refractivity contribution in [2.75, 3.05) is 26.3 Å². The molecule has 1 aromatic carbocycles. The van der Waals surface area contributed by atoms with Gasteiger partial charge in [0, 0.05) is 25.9 Å². The van der Waals surface area contributed by atoms with Crippen LogP contribution in [0.1, 0.15) is 131 Å². The van der Waals surface area contributed by atoms with E-state index >= 15 is 0 Å². The average Bonchev–Trinajstić information content (AvgIpc) is 3.67. The van der Waals surface area contributed by atoms with Crippen molar-refractivity contribution in [3.63, 3.8) is 0 Å². The first kappa shape index (κ1) is 77.6. The number of benzene rings is 1. The molecule has 1 aromatic rings. The number of nitrogens with two attached hydrogens (primary N) is 5. The van der Waals surface area contributed by atoms with Crippen LogP contribution in [0.5, 0.6) is 0 Å². The van der Waals surface area contributed by atoms with E-state index in [1.807, 2.05) is 0 Å². The molecule has 13 amide bonds. The monoisotopic (exact) mass is 1270 g/mol. The first-order valence-corrected chi connectivity index (χ1v) is 30.5. The van der Waals surface area contributed by atoms with Crippen molar-refractivity contribution >= 4 is 82.8 Å². The van der Waals surface area contributed by atoms with Gasteiger partial charge in [-0.25, -0.2) is 0 Å². The molecule has 1 aliphatic rings. The van der Waals surface area contributed by atoms with Crippen LogP contribution in [0.4, 0.5) is 0 Å². The highest BCUT2D eigenvalue weighted by Gasteiger charge is 2.38. The summed E-state index contributed by atoms with van der Waals surface area (Å²) >= 11 is 0. The van der Waals surface area contributed by atoms with Gasteiger partial charge >= 0.3 is 0 Å². The van der Waals surface area contributed by atoms with E-state index in [0.29, 0.717) is 19.3 Å². The van der Waals surface area contributed by atoms with Crippen LogP contribution in [-0.4, -0.2) is 186 Å². The lowest BCUT2D eigenvalue weighted by Gasteiger charge is -2.31. The molecular weight excluding hydrogens is 1170 g/mol. The van der Waals surface area contributed by atoms with E-state index in [1.54, 1.807) is 71.9 Å². The summed E-state index contributed by atoms with van der Waals surface area (Å²) in [5.74, 6) is -13.6. The largest absolute Gasteiger partial charge is 0.394 e. The van der Waals surface area contributed by atoms with E-state index in [-0.39, 0.29) is 70.4 Å². The summed E-state index contributed by atoms with van der Waals surface area (Å²) in [5.41, 5.74) is 28.8. The summed E-state index contributed by atoms with van der Waals surface area (Å²) < 4.78 is 0. The molecule has 2 rings (SSSR count). The van der Waals surface area contributed by atoms with Crippen molar-refractivity contribution in [1.82, 2.24) is 58.5 Å². The second-order valence-electron chi connectivity index (χ2n) is 22.6. The highest BCUT2D eigenvalue weighted by Crippen LogP contribution is 2.16. The van der Waals surface area contributed by atoms with Gasteiger partial charge in [-0.3, -0.25) is 67.3 Å². The number of nitrogens with zero attached hydrogens (tertiary/aromatic N) is 1. The molecular formula is C58H97N17O15. The molecule has 0 aliphatic carbocycles. The van der Waals surface area contributed by atoms with Crippen LogP contribution in [0, 0.1) is 17.8 Å². The standard InChI is InChI=1S/C58H97N17O15/c1-8-30(4)44(73-49(82)35(59)27-34-17-13-11-14-18-34)55(88)71-41(29-77)54(87)70-38(20-22-42(60)78)52(85)74-46(32(6)10-3)57(90)75-45(31(5)9-2)56(89)72-40(28-76)53(86)69-37-19-15-12-16-25-64-43(79)23-21-36(47(61)80)67-51(84)39(24-26-65-58(62)63)68-48(81)33(7)66-50(37)83/h11,13-14,17-18,30-33,35-41,44-46,76-77H,8-10,12,15-16,19-29,59H2,1-7H3,(H2,60,78)(H2,61,80)(H,64,79)(H,66,83)(H,67,84)(H,68,81)(H,69,86)(H,70,87)(H,71,88)(H,72,89)(H,73,82)(H,74,85)(H,75,90)(H4,62,63,65)/t30-,31-,32-,33-,35-,36-,37-,38-,39-,40-,41-,44-,45-,46-/m0/s1. The molecule has 32 nitrogen and oxygen atoms in total. The second-order valence-corrected chi connectivity index (χ2v) is 22.6. The zero-order chi connectivity index (χ0) is 67.8. The van der Waals surface area contributed by atoms with E-state index in [4.69, 9.17) is 28.7 Å². The molecule has 32 heteroatoms. The number of hydrogen-bond acceptors (Lipinski definition) is 17. The van der Waals surface area contributed by atoms with Gasteiger partial charge < -0.3 is 97.4 Å². The van der Waals surface area contributed by atoms with E-state index in [1.165, 1.54) is 6.92 Å². The maximum Gasteiger partial charge on any atom is 0.245 e. The molecule has 0 saturated carbocycles. The lowest BCUT2D eigenvalue weighted by Crippen LogP contribution is -2.62. The third-order valence-electron chi connectivity index (χ3n) is 15.5. The number of rotatable bonds is 31. The number of amides is 13. The number of nitrogens with one attached hydrogen (secondary N) is 11. The SMILES string of the molecule is CC[C@H](C)[C@H](NC(=O)[C@H](CCC(N)=O)NC(=O)[C@H](CO)NC(=O)[C@@H](NC(=O)[C@@H](N)Cc1ccccc1)[C@@H](C)CC)C(=O)N[C@H](C(=O)N[C@@H](CO)C(=O)N[C@H]1CCCCCNC(=O)CC[C@@H](C(N)=O)NC(=O)[C@H](CCN=C(N)N)NC(=O)[C@H](C)NC1=O)[C@@H](C)CC. The summed E-state index contributed by atoms with van der Waals surface area (Å²) in [6.07, 6.45) is 0.675. The summed E-state index contributed by atoms with van der Waals surface area (Å²) in [5, 5.41) is 48.7. The molecule has 0 bridgehead atoms. The maximum absolute atomic E-state index is 14.4. The van der Waals surface area contributed by atoms with E-state index in [9.17, 15) is 72.5 Å². The molecule has 90 heavy (non-hydrogen) atoms. The van der Waals surface area contributed by atoms with Crippen molar-refractivity contribution < 1.29 is 72.5 Å². The van der Waals surface area contributed by atoms with Crippen molar-refractivity contribution in [2.24, 2.45) is 51.4 Å². The van der Waals surface area contributed by atoms with Crippen LogP contribution in [-0.2, 0) is 68.7 Å². The molecule has 1 heterocycles. The van der Waals surface area contributed by atoms with Crippen LogP contribution in [0.2, 0.25) is 0 Å². The Morgan fingerprint density at radius 1 is 0.611 bits per heavy atom. The minimum absolute atomic E-state index is 0.0540. The normalized spacial score (nSPS) is 20.4. The third-order valence-corrected chi connectivity index (χ3v) is 15.5. The first-order valence-electron chi connectivity index (χ1n) is 30.5. The van der Waals surface area contributed by atoms with Gasteiger partial charge in [0.05, 0.1) is 19.3 Å². The van der Waals surface area contributed by atoms with Gasteiger partial charge in [0.15, 0.2) is 5.96 Å². The molecule has 1 fully saturated rings. The topological polar surface area (TPSA) is 537 Å². The predicted octanol–water partition coefficient (Wildman–Crippen LogP) is -5.57. The Kier molecular flexibility index (Phi) is 34.6. The van der Waals surface area contributed by atoms with Crippen LogP contribution < -0.4 is 87.2 Å². The zero-order valence-corrected chi connectivity index (χ0v) is 52.5. The van der Waals surface area contributed by atoms with Gasteiger partial charge in [-0.05, 0) is 68.8 Å². The zero-order valence-electron chi connectivity index (χ0n) is 52.5. The molecule has 0 aromatic heterocycles. The Morgan fingerprint density at radius 3 is 1.64 bits per heavy atom. The Labute approximate surface area is 524 Å². The van der Waals surface area contributed by atoms with Gasteiger partial charge in [-0.15, -0.1) is 0 Å². The number of aliphatic imine (C=N–C) groups is 1. The Hall–Kier alpha value is -8.52. The summed E-state index contributed by atoms with van der Waals surface area (Å²) in [6.45, 7) is 9.38. The van der Waals surface area contributed by atoms with Gasteiger partial charge in [-0.2, -0.15) is 0 Å². The minimum atomic E-state index is -1.74. The van der Waals surface area contributed by atoms with Crippen molar-refractivity contribution in [2.45, 2.75) is 198 Å². The number of aliphatic hydroxyl groups excluding tert-OH is 2. The summed E-state index contributed by atoms with van der Waals surface area (Å²) in [4.78, 5) is 179. The fraction of sp³-hybridized carbons (Fsp3) is 0.655. The lowest BCUT2D eigenvalue weighted by atomic mass is 9.94. The van der Waals surface area contributed by atoms with Crippen molar-refractivity contribution in [3.8, 4) is 0 Å². The Morgan fingerprint density at radius 2 is 1.12 bits per heavy atom. The maximum atomic E-state index is 14.4. The Bertz CT molecular complexity index is 2630. The van der Waals surface area contributed by atoms with E-state index < -0.39 is 187 Å². The molecule has 1 aliphatic heterocycles. The number of carbonyl (C=O) groups excluding carboxylic acids is 13. The molecule has 0 spiro atoms. The van der Waals surface area contributed by atoms with E-state index in [0.717, 1.165) is 5.56 Å². The van der Waals surface area contributed by atoms with Crippen LogP contribution in [0.25, 0.3) is 0 Å². The summed E-state index contributed by atoms with van der Waals surface area (Å²) in [6, 6.07) is -6.71. The van der Waals surface area contributed by atoms with Gasteiger partial charge in [-0.1, -0.05) is 104 Å². The predicted molar refractivity (Wildman–Crippen MR) is 329 cm³/mol. The van der Waals surface area contributed by atoms with Crippen molar-refractivity contribution in [3.05, 3.63) is 35.9 Å². The summed E-state index contributed by atoms with van der Waals surface area (Å²) in [7, 11) is 0. The molecule has 0 radical (unpaired) electrons. The molecule has 14 atom stereocenters. The third kappa shape index (κ3) is 27.1. The number of aliphatic hydroxyl groups is 2. The van der Waals surface area contributed by atoms with E-state index in [2.05, 4.69) is 63.5 Å². The molecule has 23 N–H and O–H groups in total. The minimum Gasteiger partial charge on any atom is -0.394 e. The molecule has 0 unspecified atom stereocenters. The highest BCUT2D eigenvalue weighted by atomic mass is 16.3. The first-order chi connectivity index (χ1) is 42.5. The highest BCUT2D eigenvalue weighted by molar-refractivity contribution is 5.99. The van der Waals surface area contributed by atoms with Gasteiger partial charge in [0.2, 0.25) is 76.8 Å². The fourth-order valence-electron chi connectivity index (χ4n) is 9.17. The average molecular weight is 1270 g/mol. The van der Waals surface area contributed by atoms with Gasteiger partial charge in [0.1, 0.15) is 60.4 Å². The molecule has 504 valence electrons. The van der Waals surface area contributed by atoms with Crippen LogP contribution >= 0.6 is 0 Å². The number of primary amides is 2. The number of carbonyl (C=O) groups is 13. The number of hydrogen-bond donors (Lipinski definition) is 18. The van der Waals surface area contributed by atoms with Gasteiger partial charge in [0.25, 0.3) is 0 Å².